The van der Waals surface area contributed by atoms with Crippen LogP contribution >= 0.6 is 0 Å². The molecule has 156 valence electrons. The number of hydrogen-bond acceptors (Lipinski definition) is 5. The second-order valence-electron chi connectivity index (χ2n) is 6.60. The van der Waals surface area contributed by atoms with Crippen molar-refractivity contribution in [2.24, 2.45) is 0 Å². The van der Waals surface area contributed by atoms with E-state index in [4.69, 9.17) is 9.47 Å². The van der Waals surface area contributed by atoms with Crippen molar-refractivity contribution < 1.29 is 23.0 Å². The number of ether oxygens (including phenoxy) is 2. The van der Waals surface area contributed by atoms with Crippen LogP contribution in [0.1, 0.15) is 12.5 Å². The molecule has 1 atom stereocenters. The van der Waals surface area contributed by atoms with Crippen molar-refractivity contribution in [2.45, 2.75) is 20.0 Å². The lowest BCUT2D eigenvalue weighted by atomic mass is 10.1. The van der Waals surface area contributed by atoms with Crippen LogP contribution in [0.4, 0.5) is 8.78 Å². The van der Waals surface area contributed by atoms with Gasteiger partial charge in [-0.05, 0) is 32.0 Å². The summed E-state index contributed by atoms with van der Waals surface area (Å²) in [5.41, 5.74) is 2.85. The van der Waals surface area contributed by atoms with Gasteiger partial charge in [-0.3, -0.25) is 4.79 Å². The third-order valence-corrected chi connectivity index (χ3v) is 4.21. The molecule has 0 saturated heterocycles. The lowest BCUT2D eigenvalue weighted by Gasteiger charge is -2.15. The van der Waals surface area contributed by atoms with Gasteiger partial charge >= 0.3 is 0 Å². The molecule has 1 N–H and O–H groups in total. The number of benzene rings is 2. The van der Waals surface area contributed by atoms with E-state index < -0.39 is 23.6 Å². The van der Waals surface area contributed by atoms with Crippen molar-refractivity contribution in [1.82, 2.24) is 15.5 Å². The van der Waals surface area contributed by atoms with Gasteiger partial charge in [-0.1, -0.05) is 29.8 Å². The third-order valence-electron chi connectivity index (χ3n) is 4.21. The summed E-state index contributed by atoms with van der Waals surface area (Å²) in [6.45, 7) is 3.84. The molecule has 3 aromatic rings. The van der Waals surface area contributed by atoms with Gasteiger partial charge < -0.3 is 14.8 Å². The molecule has 0 bridgehead atoms. The molecular weight excluding hydrogens is 392 g/mol. The highest BCUT2D eigenvalue weighted by molar-refractivity contribution is 5.80. The Hall–Kier alpha value is -3.55. The zero-order chi connectivity index (χ0) is 21.5. The zero-order valence-electron chi connectivity index (χ0n) is 16.6. The number of hydrogen-bond donors (Lipinski definition) is 1. The number of amides is 1. The number of rotatable bonds is 8. The van der Waals surface area contributed by atoms with Crippen molar-refractivity contribution in [3.63, 3.8) is 0 Å². The van der Waals surface area contributed by atoms with E-state index in [1.165, 1.54) is 6.92 Å². The molecule has 0 aliphatic rings. The Labute approximate surface area is 172 Å². The minimum Gasteiger partial charge on any atom is -0.478 e. The van der Waals surface area contributed by atoms with Gasteiger partial charge in [0, 0.05) is 17.7 Å². The van der Waals surface area contributed by atoms with Gasteiger partial charge in [0.15, 0.2) is 17.7 Å². The standard InChI is InChI=1S/C22H21F2N3O3/c1-14-3-5-16(6-4-14)19-8-10-21(27-26-19)29-12-11-25-22(28)15(2)30-20-9-7-17(23)13-18(20)24/h3-10,13,15H,11-12H2,1-2H3,(H,25,28). The average Bonchev–Trinajstić information content (AvgIpc) is 2.74. The molecule has 0 radical (unpaired) electrons. The third kappa shape index (κ3) is 5.73. The Morgan fingerprint density at radius 3 is 2.50 bits per heavy atom. The Morgan fingerprint density at radius 2 is 1.83 bits per heavy atom. The first-order chi connectivity index (χ1) is 14.4. The van der Waals surface area contributed by atoms with E-state index in [1.54, 1.807) is 12.1 Å². The minimum atomic E-state index is -0.960. The molecule has 8 heteroatoms. The van der Waals surface area contributed by atoms with Crippen LogP contribution in [0.5, 0.6) is 11.6 Å². The summed E-state index contributed by atoms with van der Waals surface area (Å²) in [6.07, 6.45) is -0.960. The van der Waals surface area contributed by atoms with E-state index in [9.17, 15) is 13.6 Å². The number of aryl methyl sites for hydroxylation is 1. The summed E-state index contributed by atoms with van der Waals surface area (Å²) in [5, 5.41) is 10.8. The fourth-order valence-electron chi connectivity index (χ4n) is 2.56. The molecule has 0 fully saturated rings. The maximum atomic E-state index is 13.6. The Kier molecular flexibility index (Phi) is 6.90. The van der Waals surface area contributed by atoms with E-state index in [0.29, 0.717) is 11.9 Å². The Bertz CT molecular complexity index is 996. The number of aromatic nitrogens is 2. The van der Waals surface area contributed by atoms with Crippen molar-refractivity contribution in [3.8, 4) is 22.9 Å². The first-order valence-corrected chi connectivity index (χ1v) is 9.35. The first-order valence-electron chi connectivity index (χ1n) is 9.35. The fourth-order valence-corrected chi connectivity index (χ4v) is 2.56. The number of nitrogens with one attached hydrogen (secondary N) is 1. The molecule has 1 heterocycles. The maximum absolute atomic E-state index is 13.6. The van der Waals surface area contributed by atoms with Gasteiger partial charge in [-0.15, -0.1) is 10.2 Å². The smallest absolute Gasteiger partial charge is 0.260 e. The summed E-state index contributed by atoms with van der Waals surface area (Å²) in [5.74, 6) is -1.91. The van der Waals surface area contributed by atoms with Gasteiger partial charge in [0.2, 0.25) is 5.88 Å². The van der Waals surface area contributed by atoms with Gasteiger partial charge in [0.05, 0.1) is 12.2 Å². The molecule has 6 nitrogen and oxygen atoms in total. The SMILES string of the molecule is Cc1ccc(-c2ccc(OCCNC(=O)C(C)Oc3ccc(F)cc3F)nn2)cc1. The molecular formula is C22H21F2N3O3. The molecule has 1 amide bonds. The number of nitrogens with zero attached hydrogens (tertiary/aromatic N) is 2. The molecule has 30 heavy (non-hydrogen) atoms. The normalized spacial score (nSPS) is 11.6. The summed E-state index contributed by atoms with van der Waals surface area (Å²) in [4.78, 5) is 12.0. The van der Waals surface area contributed by atoms with E-state index >= 15 is 0 Å². The Morgan fingerprint density at radius 1 is 1.07 bits per heavy atom. The highest BCUT2D eigenvalue weighted by Crippen LogP contribution is 2.19. The van der Waals surface area contributed by atoms with E-state index in [0.717, 1.165) is 29.0 Å². The van der Waals surface area contributed by atoms with E-state index in [2.05, 4.69) is 15.5 Å². The van der Waals surface area contributed by atoms with Gasteiger partial charge in [0.1, 0.15) is 12.4 Å². The molecule has 0 saturated carbocycles. The number of carbonyl (C=O) groups is 1. The van der Waals surface area contributed by atoms with Gasteiger partial charge in [-0.25, -0.2) is 8.78 Å². The largest absolute Gasteiger partial charge is 0.478 e. The van der Waals surface area contributed by atoms with Gasteiger partial charge in [-0.2, -0.15) is 0 Å². The second-order valence-corrected chi connectivity index (χ2v) is 6.60. The topological polar surface area (TPSA) is 73.3 Å². The van der Waals surface area contributed by atoms with Crippen LogP contribution in [0.2, 0.25) is 0 Å². The zero-order valence-corrected chi connectivity index (χ0v) is 16.6. The second kappa shape index (κ2) is 9.78. The highest BCUT2D eigenvalue weighted by Gasteiger charge is 2.16. The predicted octanol–water partition coefficient (Wildman–Crippen LogP) is 3.69. The van der Waals surface area contributed by atoms with Crippen molar-refractivity contribution in [1.29, 1.82) is 0 Å². The monoisotopic (exact) mass is 413 g/mol. The van der Waals surface area contributed by atoms with Crippen LogP contribution in [0.15, 0.2) is 54.6 Å². The highest BCUT2D eigenvalue weighted by atomic mass is 19.1. The maximum Gasteiger partial charge on any atom is 0.260 e. The minimum absolute atomic E-state index is 0.169. The van der Waals surface area contributed by atoms with Crippen LogP contribution in [0, 0.1) is 18.6 Å². The summed E-state index contributed by atoms with van der Waals surface area (Å²) >= 11 is 0. The molecule has 0 aliphatic heterocycles. The molecule has 1 aromatic heterocycles. The van der Waals surface area contributed by atoms with Crippen LogP contribution in [0.3, 0.4) is 0 Å². The molecule has 0 aliphatic carbocycles. The van der Waals surface area contributed by atoms with E-state index in [1.807, 2.05) is 31.2 Å². The van der Waals surface area contributed by atoms with Crippen LogP contribution < -0.4 is 14.8 Å². The quantitative estimate of drug-likeness (QED) is 0.570. The average molecular weight is 413 g/mol. The molecule has 3 rings (SSSR count). The first kappa shape index (κ1) is 21.2. The Balaban J connectivity index is 1.42. The van der Waals surface area contributed by atoms with Crippen molar-refractivity contribution in [2.75, 3.05) is 13.2 Å². The summed E-state index contributed by atoms with van der Waals surface area (Å²) < 4.78 is 37.2. The van der Waals surface area contributed by atoms with Crippen LogP contribution in [0.25, 0.3) is 11.3 Å². The molecule has 0 spiro atoms. The van der Waals surface area contributed by atoms with Crippen LogP contribution in [-0.2, 0) is 4.79 Å². The lowest BCUT2D eigenvalue weighted by Crippen LogP contribution is -2.38. The van der Waals surface area contributed by atoms with Crippen molar-refractivity contribution in [3.05, 3.63) is 71.8 Å². The molecule has 2 aromatic carbocycles. The summed E-state index contributed by atoms with van der Waals surface area (Å²) in [6, 6.07) is 14.3. The number of carbonyl (C=O) groups excluding carboxylic acids is 1. The van der Waals surface area contributed by atoms with Gasteiger partial charge in [0.25, 0.3) is 5.91 Å². The molecule has 1 unspecified atom stereocenters. The fraction of sp³-hybridized carbons (Fsp3) is 0.227. The van der Waals surface area contributed by atoms with Crippen LogP contribution in [-0.4, -0.2) is 35.4 Å². The number of halogens is 2. The summed E-state index contributed by atoms with van der Waals surface area (Å²) in [7, 11) is 0. The van der Waals surface area contributed by atoms with E-state index in [-0.39, 0.29) is 18.9 Å². The van der Waals surface area contributed by atoms with Crippen molar-refractivity contribution >= 4 is 5.91 Å². The predicted molar refractivity (Wildman–Crippen MR) is 107 cm³/mol. The lowest BCUT2D eigenvalue weighted by molar-refractivity contribution is -0.127.